The lowest BCUT2D eigenvalue weighted by atomic mass is 10.2. The molecule has 1 N–H and O–H groups in total. The van der Waals surface area contributed by atoms with E-state index in [2.05, 4.69) is 16.8 Å². The molecule has 5 nitrogen and oxygen atoms in total. The first-order chi connectivity index (χ1) is 10.6. The fourth-order valence-corrected chi connectivity index (χ4v) is 2.52. The summed E-state index contributed by atoms with van der Waals surface area (Å²) in [5.74, 6) is 1.87. The first-order valence-corrected chi connectivity index (χ1v) is 7.93. The highest BCUT2D eigenvalue weighted by Gasteiger charge is 2.15. The Labute approximate surface area is 156 Å². The minimum atomic E-state index is 0. The number of nitrogens with one attached hydrogen (secondary N) is 1. The van der Waals surface area contributed by atoms with Crippen molar-refractivity contribution >= 4 is 29.9 Å². The number of rotatable bonds is 7. The summed E-state index contributed by atoms with van der Waals surface area (Å²) in [5.41, 5.74) is 1.11. The molecule has 6 heteroatoms. The summed E-state index contributed by atoms with van der Waals surface area (Å²) in [7, 11) is 2.03. The zero-order valence-corrected chi connectivity index (χ0v) is 16.4. The van der Waals surface area contributed by atoms with Crippen molar-refractivity contribution in [3.05, 3.63) is 36.3 Å². The van der Waals surface area contributed by atoms with Crippen molar-refractivity contribution in [1.82, 2.24) is 10.2 Å². The smallest absolute Gasteiger partial charge is 0.194 e. The molecule has 1 aromatic rings. The molecule has 1 atom stereocenters. The van der Waals surface area contributed by atoms with Crippen LogP contribution in [-0.4, -0.2) is 50.3 Å². The van der Waals surface area contributed by atoms with Gasteiger partial charge in [-0.1, -0.05) is 12.2 Å². The molecule has 130 valence electrons. The summed E-state index contributed by atoms with van der Waals surface area (Å²) in [6, 6.07) is 3.90. The van der Waals surface area contributed by atoms with Crippen LogP contribution in [0.2, 0.25) is 0 Å². The Hall–Kier alpha value is -1.02. The Morgan fingerprint density at radius 2 is 2.35 bits per heavy atom. The number of aliphatic imine (C=N–C) groups is 1. The average Bonchev–Trinajstić information content (AvgIpc) is 3.14. The van der Waals surface area contributed by atoms with Gasteiger partial charge < -0.3 is 19.4 Å². The molecule has 0 spiro atoms. The number of halogens is 1. The molecule has 23 heavy (non-hydrogen) atoms. The standard InChI is InChI=1S/C17H27N3O2.HI/c1-14(2)13-20(3)17(19-12-16-7-5-11-22-16)18-9-8-15-6-4-10-21-15;/h4,6,10,16H,1,5,7-9,11-13H2,2-3H3,(H,18,19);1H. The van der Waals surface area contributed by atoms with Gasteiger partial charge >= 0.3 is 0 Å². The van der Waals surface area contributed by atoms with Gasteiger partial charge in [0.25, 0.3) is 0 Å². The van der Waals surface area contributed by atoms with Crippen LogP contribution in [0, 0.1) is 0 Å². The number of nitrogens with zero attached hydrogens (tertiary/aromatic N) is 2. The van der Waals surface area contributed by atoms with Crippen LogP contribution in [0.4, 0.5) is 0 Å². The van der Waals surface area contributed by atoms with Gasteiger partial charge in [-0.05, 0) is 31.9 Å². The highest BCUT2D eigenvalue weighted by atomic mass is 127. The number of ether oxygens (including phenoxy) is 1. The Morgan fingerprint density at radius 3 is 2.96 bits per heavy atom. The molecule has 2 heterocycles. The molecule has 0 aromatic carbocycles. The molecule has 1 aliphatic heterocycles. The first-order valence-electron chi connectivity index (χ1n) is 7.93. The van der Waals surface area contributed by atoms with Crippen LogP contribution in [0.25, 0.3) is 0 Å². The lowest BCUT2D eigenvalue weighted by molar-refractivity contribution is 0.117. The summed E-state index contributed by atoms with van der Waals surface area (Å²) >= 11 is 0. The van der Waals surface area contributed by atoms with E-state index in [0.29, 0.717) is 6.54 Å². The van der Waals surface area contributed by atoms with Crippen molar-refractivity contribution in [2.45, 2.75) is 32.3 Å². The maximum Gasteiger partial charge on any atom is 0.194 e. The number of likely N-dealkylation sites (N-methyl/N-ethyl adjacent to an activating group) is 1. The third kappa shape index (κ3) is 7.39. The molecule has 0 amide bonds. The van der Waals surface area contributed by atoms with Crippen LogP contribution in [0.5, 0.6) is 0 Å². The quantitative estimate of drug-likeness (QED) is 0.311. The molecule has 0 bridgehead atoms. The molecule has 0 radical (unpaired) electrons. The lowest BCUT2D eigenvalue weighted by Crippen LogP contribution is -2.41. The van der Waals surface area contributed by atoms with E-state index in [4.69, 9.17) is 14.1 Å². The molecule has 0 aliphatic carbocycles. The molecule has 1 saturated heterocycles. The van der Waals surface area contributed by atoms with Crippen LogP contribution in [0.15, 0.2) is 40.0 Å². The van der Waals surface area contributed by atoms with Crippen LogP contribution in [0.3, 0.4) is 0 Å². The second kappa shape index (κ2) is 10.7. The highest BCUT2D eigenvalue weighted by Crippen LogP contribution is 2.12. The van der Waals surface area contributed by atoms with E-state index in [1.807, 2.05) is 26.1 Å². The molecule has 1 aromatic heterocycles. The monoisotopic (exact) mass is 433 g/mol. The topological polar surface area (TPSA) is 50.0 Å². The Kier molecular flexibility index (Phi) is 9.31. The Balaban J connectivity index is 0.00000264. The minimum absolute atomic E-state index is 0. The molecule has 0 saturated carbocycles. The lowest BCUT2D eigenvalue weighted by Gasteiger charge is -2.23. The second-order valence-corrected chi connectivity index (χ2v) is 5.87. The SMILES string of the molecule is C=C(C)CN(C)C(=NCC1CCCO1)NCCc1ccco1.I. The van der Waals surface area contributed by atoms with Crippen molar-refractivity contribution in [3.8, 4) is 0 Å². The van der Waals surface area contributed by atoms with Gasteiger partial charge in [-0.3, -0.25) is 4.99 Å². The van der Waals surface area contributed by atoms with Gasteiger partial charge in [0, 0.05) is 33.2 Å². The van der Waals surface area contributed by atoms with E-state index < -0.39 is 0 Å². The summed E-state index contributed by atoms with van der Waals surface area (Å²) < 4.78 is 11.0. The maximum absolute atomic E-state index is 5.64. The van der Waals surface area contributed by atoms with Crippen molar-refractivity contribution in [2.24, 2.45) is 4.99 Å². The molecular weight excluding hydrogens is 405 g/mol. The summed E-state index contributed by atoms with van der Waals surface area (Å²) in [6.45, 7) is 9.15. The maximum atomic E-state index is 5.64. The van der Waals surface area contributed by atoms with Gasteiger partial charge in [-0.25, -0.2) is 0 Å². The van der Waals surface area contributed by atoms with E-state index >= 15 is 0 Å². The number of furan rings is 1. The largest absolute Gasteiger partial charge is 0.469 e. The third-order valence-electron chi connectivity index (χ3n) is 3.57. The predicted octanol–water partition coefficient (Wildman–Crippen LogP) is 3.07. The number of hydrogen-bond acceptors (Lipinski definition) is 3. The van der Waals surface area contributed by atoms with Crippen LogP contribution < -0.4 is 5.32 Å². The molecule has 1 aliphatic rings. The van der Waals surface area contributed by atoms with Crippen molar-refractivity contribution < 1.29 is 9.15 Å². The molecular formula is C17H28IN3O2. The van der Waals surface area contributed by atoms with Crippen molar-refractivity contribution in [1.29, 1.82) is 0 Å². The Morgan fingerprint density at radius 1 is 1.52 bits per heavy atom. The van der Waals surface area contributed by atoms with Crippen LogP contribution in [0.1, 0.15) is 25.5 Å². The molecule has 1 unspecified atom stereocenters. The fraction of sp³-hybridized carbons (Fsp3) is 0.588. The second-order valence-electron chi connectivity index (χ2n) is 5.87. The predicted molar refractivity (Wildman–Crippen MR) is 105 cm³/mol. The zero-order valence-electron chi connectivity index (χ0n) is 14.1. The van der Waals surface area contributed by atoms with E-state index in [1.54, 1.807) is 6.26 Å². The van der Waals surface area contributed by atoms with Gasteiger partial charge in [0.1, 0.15) is 5.76 Å². The van der Waals surface area contributed by atoms with Crippen LogP contribution in [-0.2, 0) is 11.2 Å². The van der Waals surface area contributed by atoms with E-state index in [0.717, 1.165) is 56.3 Å². The van der Waals surface area contributed by atoms with Gasteiger partial charge in [0.05, 0.1) is 18.9 Å². The number of hydrogen-bond donors (Lipinski definition) is 1. The zero-order chi connectivity index (χ0) is 15.8. The van der Waals surface area contributed by atoms with E-state index in [-0.39, 0.29) is 30.1 Å². The third-order valence-corrected chi connectivity index (χ3v) is 3.57. The average molecular weight is 433 g/mol. The molecule has 1 fully saturated rings. The molecule has 2 rings (SSSR count). The summed E-state index contributed by atoms with van der Waals surface area (Å²) in [4.78, 5) is 6.81. The highest BCUT2D eigenvalue weighted by molar-refractivity contribution is 14.0. The van der Waals surface area contributed by atoms with E-state index in [1.165, 1.54) is 0 Å². The minimum Gasteiger partial charge on any atom is -0.469 e. The van der Waals surface area contributed by atoms with Gasteiger partial charge in [0.15, 0.2) is 5.96 Å². The van der Waals surface area contributed by atoms with Gasteiger partial charge in [0.2, 0.25) is 0 Å². The van der Waals surface area contributed by atoms with Gasteiger partial charge in [-0.15, -0.1) is 24.0 Å². The van der Waals surface area contributed by atoms with Crippen molar-refractivity contribution in [2.75, 3.05) is 33.3 Å². The van der Waals surface area contributed by atoms with E-state index in [9.17, 15) is 0 Å². The summed E-state index contributed by atoms with van der Waals surface area (Å²) in [6.07, 6.45) is 5.05. The normalized spacial score (nSPS) is 17.7. The fourth-order valence-electron chi connectivity index (χ4n) is 2.52. The first kappa shape index (κ1) is 20.0. The van der Waals surface area contributed by atoms with Crippen molar-refractivity contribution in [3.63, 3.8) is 0 Å². The van der Waals surface area contributed by atoms with Crippen LogP contribution >= 0.6 is 24.0 Å². The van der Waals surface area contributed by atoms with Gasteiger partial charge in [-0.2, -0.15) is 0 Å². The Bertz CT molecular complexity index is 482. The summed E-state index contributed by atoms with van der Waals surface area (Å²) in [5, 5.41) is 3.41. The number of guanidine groups is 1.